The predicted molar refractivity (Wildman–Crippen MR) is 125 cm³/mol. The van der Waals surface area contributed by atoms with Crippen LogP contribution in [0.15, 0.2) is 6.20 Å². The minimum atomic E-state index is -0.329. The number of likely N-dealkylation sites (N-methyl/N-ethyl adjacent to an activating group) is 1. The van der Waals surface area contributed by atoms with Gasteiger partial charge in [0, 0.05) is 37.9 Å². The summed E-state index contributed by atoms with van der Waals surface area (Å²) >= 11 is 0. The zero-order chi connectivity index (χ0) is 23.1. The van der Waals surface area contributed by atoms with Crippen molar-refractivity contribution < 1.29 is 9.59 Å². The van der Waals surface area contributed by atoms with E-state index in [0.717, 1.165) is 61.4 Å². The van der Waals surface area contributed by atoms with Gasteiger partial charge in [0.15, 0.2) is 0 Å². The number of nitrogens with one attached hydrogen (secondary N) is 2. The molecule has 2 N–H and O–H groups in total. The summed E-state index contributed by atoms with van der Waals surface area (Å²) in [7, 11) is 1.78. The van der Waals surface area contributed by atoms with Crippen LogP contribution in [0.2, 0.25) is 0 Å². The highest BCUT2D eigenvalue weighted by Gasteiger charge is 2.38. The maximum atomic E-state index is 13.3. The fraction of sp³-hybridized carbons (Fsp3) is 0.609. The Morgan fingerprint density at radius 2 is 2.03 bits per heavy atom. The molecule has 10 nitrogen and oxygen atoms in total. The van der Waals surface area contributed by atoms with Crippen LogP contribution in [-0.4, -0.2) is 80.8 Å². The molecular weight excluding hydrogens is 420 g/mol. The van der Waals surface area contributed by atoms with Gasteiger partial charge in [0.1, 0.15) is 11.9 Å². The quantitative estimate of drug-likeness (QED) is 0.712. The Morgan fingerprint density at radius 3 is 2.79 bits per heavy atom. The molecule has 0 unspecified atom stereocenters. The van der Waals surface area contributed by atoms with Gasteiger partial charge in [-0.25, -0.2) is 9.97 Å². The number of anilines is 3. The second-order valence-electron chi connectivity index (χ2n) is 9.54. The molecule has 3 aliphatic rings. The predicted octanol–water partition coefficient (Wildman–Crippen LogP) is 1.82. The van der Waals surface area contributed by atoms with Crippen LogP contribution < -0.4 is 10.2 Å². The highest BCUT2D eigenvalue weighted by Crippen LogP contribution is 2.33. The molecule has 1 aliphatic carbocycles. The Bertz CT molecular complexity index is 1060. The lowest BCUT2D eigenvalue weighted by Crippen LogP contribution is -2.55. The van der Waals surface area contributed by atoms with E-state index in [9.17, 15) is 9.59 Å². The molecule has 2 aliphatic heterocycles. The van der Waals surface area contributed by atoms with E-state index in [2.05, 4.69) is 29.1 Å². The van der Waals surface area contributed by atoms with E-state index >= 15 is 0 Å². The van der Waals surface area contributed by atoms with Crippen LogP contribution >= 0.6 is 0 Å². The van der Waals surface area contributed by atoms with E-state index in [0.29, 0.717) is 30.9 Å². The first kappa shape index (κ1) is 21.7. The van der Waals surface area contributed by atoms with E-state index in [-0.39, 0.29) is 24.4 Å². The molecule has 2 fully saturated rings. The maximum absolute atomic E-state index is 13.3. The molecule has 176 valence electrons. The zero-order valence-electron chi connectivity index (χ0n) is 19.6. The van der Waals surface area contributed by atoms with E-state index < -0.39 is 0 Å². The number of hydrogen-bond donors (Lipinski definition) is 2. The first-order valence-electron chi connectivity index (χ1n) is 11.9. The summed E-state index contributed by atoms with van der Waals surface area (Å²) < 4.78 is 0. The van der Waals surface area contributed by atoms with Gasteiger partial charge in [-0.2, -0.15) is 4.98 Å². The number of carbonyl (C=O) groups excluding carboxylic acids is 2. The first-order chi connectivity index (χ1) is 15.9. The lowest BCUT2D eigenvalue weighted by molar-refractivity contribution is -0.144. The number of aromatic amines is 1. The maximum Gasteiger partial charge on any atom is 0.245 e. The number of carbonyl (C=O) groups is 2. The number of imidazole rings is 1. The molecule has 2 aromatic rings. The van der Waals surface area contributed by atoms with Gasteiger partial charge in [-0.05, 0) is 38.0 Å². The van der Waals surface area contributed by atoms with Crippen LogP contribution in [0.1, 0.15) is 56.0 Å². The van der Waals surface area contributed by atoms with Crippen molar-refractivity contribution in [3.8, 4) is 0 Å². The fourth-order valence-electron chi connectivity index (χ4n) is 4.88. The van der Waals surface area contributed by atoms with Gasteiger partial charge in [-0.1, -0.05) is 13.8 Å². The molecule has 0 aromatic carbocycles. The molecule has 4 heterocycles. The molecule has 5 rings (SSSR count). The second kappa shape index (κ2) is 8.64. The minimum absolute atomic E-state index is 0.000155. The van der Waals surface area contributed by atoms with Gasteiger partial charge in [0.25, 0.3) is 0 Å². The molecule has 0 saturated carbocycles. The Hall–Kier alpha value is -3.17. The van der Waals surface area contributed by atoms with E-state index in [1.54, 1.807) is 16.8 Å². The fourth-order valence-corrected chi connectivity index (χ4v) is 4.88. The number of nitrogens with zero attached hydrogens (tertiary/aromatic N) is 6. The average Bonchev–Trinajstić information content (AvgIpc) is 3.55. The summed E-state index contributed by atoms with van der Waals surface area (Å²) in [5, 5.41) is 3.37. The zero-order valence-corrected chi connectivity index (χ0v) is 19.6. The molecular formula is C23H32N8O2. The summed E-state index contributed by atoms with van der Waals surface area (Å²) in [6.07, 6.45) is 6.39. The third kappa shape index (κ3) is 4.14. The van der Waals surface area contributed by atoms with Gasteiger partial charge in [-0.3, -0.25) is 9.59 Å². The third-order valence-corrected chi connectivity index (χ3v) is 6.94. The monoisotopic (exact) mass is 452 g/mol. The van der Waals surface area contributed by atoms with Crippen molar-refractivity contribution in [1.82, 2.24) is 29.7 Å². The standard InChI is InChI=1S/C23H32N8O2/c1-14(2)17-12-24-22(25-17)27-20-15-6-4-7-16(15)26-23(28-20)31-9-5-8-18(31)21(33)30-11-10-29(3)19(32)13-30/h12,14,18H,4-11,13H2,1-3H3,(H2,24,25,26,27,28)/t18-/m0/s1. The van der Waals surface area contributed by atoms with Crippen molar-refractivity contribution in [2.75, 3.05) is 43.4 Å². The third-order valence-electron chi connectivity index (χ3n) is 6.94. The summed E-state index contributed by atoms with van der Waals surface area (Å²) in [5.41, 5.74) is 3.24. The summed E-state index contributed by atoms with van der Waals surface area (Å²) in [6, 6.07) is -0.329. The number of aryl methyl sites for hydroxylation is 1. The summed E-state index contributed by atoms with van der Waals surface area (Å²) in [4.78, 5) is 48.4. The number of H-pyrrole nitrogens is 1. The minimum Gasteiger partial charge on any atom is -0.342 e. The Labute approximate surface area is 193 Å². The molecule has 0 spiro atoms. The largest absolute Gasteiger partial charge is 0.342 e. The van der Waals surface area contributed by atoms with Gasteiger partial charge in [-0.15, -0.1) is 0 Å². The van der Waals surface area contributed by atoms with Crippen LogP contribution in [0, 0.1) is 0 Å². The molecule has 0 radical (unpaired) electrons. The SMILES string of the molecule is CC(C)c1cnc(Nc2nc(N3CCC[C@H]3C(=O)N3CCN(C)C(=O)C3)nc3c2CCC3)[nH]1. The lowest BCUT2D eigenvalue weighted by Gasteiger charge is -2.35. The van der Waals surface area contributed by atoms with Crippen LogP contribution in [0.25, 0.3) is 0 Å². The number of amides is 2. The first-order valence-corrected chi connectivity index (χ1v) is 11.9. The van der Waals surface area contributed by atoms with Crippen LogP contribution in [0.5, 0.6) is 0 Å². The Kier molecular flexibility index (Phi) is 5.67. The van der Waals surface area contributed by atoms with Gasteiger partial charge in [0.2, 0.25) is 23.7 Å². The number of rotatable bonds is 5. The normalized spacial score (nSPS) is 20.7. The molecule has 1 atom stereocenters. The lowest BCUT2D eigenvalue weighted by atomic mass is 10.1. The number of aromatic nitrogens is 4. The van der Waals surface area contributed by atoms with Crippen molar-refractivity contribution in [1.29, 1.82) is 0 Å². The van der Waals surface area contributed by atoms with E-state index in [1.165, 1.54) is 0 Å². The molecule has 2 aromatic heterocycles. The van der Waals surface area contributed by atoms with Gasteiger partial charge >= 0.3 is 0 Å². The van der Waals surface area contributed by atoms with Crippen LogP contribution in [-0.2, 0) is 22.4 Å². The van der Waals surface area contributed by atoms with Crippen molar-refractivity contribution in [2.45, 2.75) is 57.9 Å². The number of fused-ring (bicyclic) bond motifs is 1. The van der Waals surface area contributed by atoms with Crippen LogP contribution in [0.3, 0.4) is 0 Å². The smallest absolute Gasteiger partial charge is 0.245 e. The Morgan fingerprint density at radius 1 is 1.18 bits per heavy atom. The van der Waals surface area contributed by atoms with Crippen molar-refractivity contribution in [3.63, 3.8) is 0 Å². The van der Waals surface area contributed by atoms with Crippen molar-refractivity contribution >= 4 is 29.5 Å². The topological polar surface area (TPSA) is 110 Å². The molecule has 2 amide bonds. The van der Waals surface area contributed by atoms with E-state index in [4.69, 9.17) is 9.97 Å². The van der Waals surface area contributed by atoms with Gasteiger partial charge < -0.3 is 25.0 Å². The molecule has 0 bridgehead atoms. The second-order valence-corrected chi connectivity index (χ2v) is 9.54. The molecule has 10 heteroatoms. The van der Waals surface area contributed by atoms with Crippen molar-refractivity contribution in [3.05, 3.63) is 23.1 Å². The molecule has 2 saturated heterocycles. The van der Waals surface area contributed by atoms with Gasteiger partial charge in [0.05, 0.1) is 18.4 Å². The van der Waals surface area contributed by atoms with E-state index in [1.807, 2.05) is 11.1 Å². The Balaban J connectivity index is 1.40. The average molecular weight is 453 g/mol. The summed E-state index contributed by atoms with van der Waals surface area (Å²) in [6.45, 7) is 6.26. The van der Waals surface area contributed by atoms with Crippen molar-refractivity contribution in [2.24, 2.45) is 0 Å². The highest BCUT2D eigenvalue weighted by atomic mass is 16.2. The van der Waals surface area contributed by atoms with Crippen LogP contribution in [0.4, 0.5) is 17.7 Å². The molecule has 33 heavy (non-hydrogen) atoms. The number of piperazine rings is 1. The number of hydrogen-bond acceptors (Lipinski definition) is 7. The highest BCUT2D eigenvalue weighted by molar-refractivity contribution is 5.90. The summed E-state index contributed by atoms with van der Waals surface area (Å²) in [5.74, 6) is 2.37.